The number of rotatable bonds is 5. The Morgan fingerprint density at radius 2 is 1.33 bits per heavy atom. The van der Waals surface area contributed by atoms with Crippen molar-refractivity contribution in [1.82, 2.24) is 0 Å². The van der Waals surface area contributed by atoms with Crippen LogP contribution in [0.1, 0.15) is 63.3 Å². The van der Waals surface area contributed by atoms with Crippen LogP contribution in [-0.4, -0.2) is 12.1 Å². The third-order valence-electron chi connectivity index (χ3n) is 15.1. The third kappa shape index (κ3) is 5.44. The average molecular weight is 848 g/mol. The largest absolute Gasteiger partial charge is 0.456 e. The van der Waals surface area contributed by atoms with Crippen molar-refractivity contribution in [3.8, 4) is 22.6 Å². The van der Waals surface area contributed by atoms with E-state index in [2.05, 4.69) is 223 Å². The third-order valence-corrected chi connectivity index (χ3v) is 15.1. The van der Waals surface area contributed by atoms with Gasteiger partial charge in [0.2, 0.25) is 0 Å². The Kier molecular flexibility index (Phi) is 8.28. The number of nitrogens with zero attached hydrogens (tertiary/aromatic N) is 1. The first-order chi connectivity index (χ1) is 32.7. The number of fused-ring (bicyclic) bond motifs is 16. The van der Waals surface area contributed by atoms with Crippen LogP contribution in [0, 0.1) is 0 Å². The Labute approximate surface area is 384 Å². The van der Waals surface area contributed by atoms with E-state index < -0.39 is 5.41 Å². The molecule has 0 saturated carbocycles. The highest BCUT2D eigenvalue weighted by molar-refractivity contribution is 6.06. The van der Waals surface area contributed by atoms with Gasteiger partial charge in [0.25, 0.3) is 0 Å². The molecule has 14 rings (SSSR count). The summed E-state index contributed by atoms with van der Waals surface area (Å²) >= 11 is 0. The van der Waals surface area contributed by atoms with E-state index in [-0.39, 0.29) is 18.0 Å². The van der Waals surface area contributed by atoms with Gasteiger partial charge in [-0.25, -0.2) is 0 Å². The second-order valence-corrected chi connectivity index (χ2v) is 18.5. The molecule has 0 radical (unpaired) electrons. The summed E-state index contributed by atoms with van der Waals surface area (Å²) in [5, 5.41) is 4.61. The second-order valence-electron chi connectivity index (χ2n) is 18.5. The SMILES string of the molecule is C1=CC(c2ccc3c(c2)-c2ccccc2C32c3ccc4c(c3Oc3c2ccc2ccccc32)C=CCC4)C(N(c2ccc3oc4ccccc4c3c2)C2C=C(c3ccccc3)C=CC2)C=C1. The molecular weight excluding hydrogens is 803 g/mol. The number of ether oxygens (including phenoxy) is 1. The van der Waals surface area contributed by atoms with Crippen LogP contribution in [0.5, 0.6) is 11.5 Å². The molecule has 1 aromatic heterocycles. The van der Waals surface area contributed by atoms with Crippen molar-refractivity contribution < 1.29 is 9.15 Å². The molecule has 0 bridgehead atoms. The lowest BCUT2D eigenvalue weighted by atomic mass is 9.65. The minimum absolute atomic E-state index is 0.0215. The zero-order valence-electron chi connectivity index (χ0n) is 36.4. The van der Waals surface area contributed by atoms with Crippen LogP contribution in [0.15, 0.2) is 217 Å². The number of allylic oxidation sites excluding steroid dienone is 5. The molecule has 3 heteroatoms. The Hall–Kier alpha value is -7.88. The van der Waals surface area contributed by atoms with Gasteiger partial charge in [-0.05, 0) is 93.4 Å². The van der Waals surface area contributed by atoms with Crippen LogP contribution >= 0.6 is 0 Å². The zero-order chi connectivity index (χ0) is 43.3. The molecule has 3 nitrogen and oxygen atoms in total. The summed E-state index contributed by atoms with van der Waals surface area (Å²) in [6.07, 6.45) is 24.0. The number of para-hydroxylation sites is 1. The maximum absolute atomic E-state index is 7.26. The fraction of sp³-hybridized carbons (Fsp3) is 0.111. The van der Waals surface area contributed by atoms with E-state index >= 15 is 0 Å². The van der Waals surface area contributed by atoms with Gasteiger partial charge in [-0.3, -0.25) is 0 Å². The smallest absolute Gasteiger partial charge is 0.140 e. The van der Waals surface area contributed by atoms with Crippen molar-refractivity contribution in [3.05, 3.63) is 257 Å². The van der Waals surface area contributed by atoms with E-state index in [0.29, 0.717) is 0 Å². The molecular formula is C63H45NO2. The van der Waals surface area contributed by atoms with Crippen molar-refractivity contribution in [2.45, 2.75) is 42.7 Å². The molecule has 0 fully saturated rings. The first-order valence-corrected chi connectivity index (χ1v) is 23.5. The number of aryl methyl sites for hydroxylation is 1. The molecule has 2 heterocycles. The molecule has 8 aromatic carbocycles. The van der Waals surface area contributed by atoms with Crippen LogP contribution in [0.3, 0.4) is 0 Å². The summed E-state index contributed by atoms with van der Waals surface area (Å²) in [7, 11) is 0. The lowest BCUT2D eigenvalue weighted by molar-refractivity contribution is 0.439. The summed E-state index contributed by atoms with van der Waals surface area (Å²) in [4.78, 5) is 2.67. The number of furan rings is 1. The highest BCUT2D eigenvalue weighted by atomic mass is 16.5. The predicted octanol–water partition coefficient (Wildman–Crippen LogP) is 15.7. The van der Waals surface area contributed by atoms with Crippen LogP contribution in [0.4, 0.5) is 5.69 Å². The first kappa shape index (κ1) is 37.5. The highest BCUT2D eigenvalue weighted by Gasteiger charge is 2.52. The van der Waals surface area contributed by atoms with Gasteiger partial charge in [0.1, 0.15) is 22.7 Å². The van der Waals surface area contributed by atoms with Gasteiger partial charge in [0.05, 0.1) is 17.5 Å². The van der Waals surface area contributed by atoms with E-state index in [1.165, 1.54) is 72.3 Å². The first-order valence-electron chi connectivity index (χ1n) is 23.5. The van der Waals surface area contributed by atoms with E-state index in [4.69, 9.17) is 9.15 Å². The minimum Gasteiger partial charge on any atom is -0.456 e. The molecule has 9 aromatic rings. The molecule has 314 valence electrons. The van der Waals surface area contributed by atoms with Crippen molar-refractivity contribution in [1.29, 1.82) is 0 Å². The Bertz CT molecular complexity index is 3640. The topological polar surface area (TPSA) is 25.6 Å². The number of hydrogen-bond donors (Lipinski definition) is 0. The van der Waals surface area contributed by atoms with E-state index in [9.17, 15) is 0 Å². The summed E-state index contributed by atoms with van der Waals surface area (Å²) in [6, 6.07) is 60.7. The molecule has 1 spiro atoms. The summed E-state index contributed by atoms with van der Waals surface area (Å²) < 4.78 is 13.6. The van der Waals surface area contributed by atoms with E-state index in [1.54, 1.807) is 0 Å². The van der Waals surface area contributed by atoms with Crippen LogP contribution in [-0.2, 0) is 11.8 Å². The van der Waals surface area contributed by atoms with Crippen molar-refractivity contribution in [3.63, 3.8) is 0 Å². The summed E-state index contributed by atoms with van der Waals surface area (Å²) in [5.74, 6) is 2.01. The zero-order valence-corrected chi connectivity index (χ0v) is 36.4. The quantitative estimate of drug-likeness (QED) is 0.173. The standard InChI is InChI=1S/C63H45NO2/c1-2-15-40(16-3-1)43-19-14-20-45(37-43)64(46-32-36-60-53(39-46)51-25-10-13-28-59(51)65-60)58-27-12-9-21-47(58)44-31-33-55-52(38-44)50-24-8-11-26-54(50)63(55)56-34-29-41-17-4-6-22-48(41)61(56)66-62-49-23-7-5-18-42(49)30-35-57(62)63/h1-4,6-17,19,21-39,45,47,58H,5,18,20H2. The van der Waals surface area contributed by atoms with Crippen molar-refractivity contribution in [2.24, 2.45) is 0 Å². The molecule has 66 heavy (non-hydrogen) atoms. The monoisotopic (exact) mass is 847 g/mol. The van der Waals surface area contributed by atoms with Crippen LogP contribution in [0.25, 0.3) is 55.5 Å². The van der Waals surface area contributed by atoms with Gasteiger partial charge in [-0.15, -0.1) is 0 Å². The lowest BCUT2D eigenvalue weighted by Crippen LogP contribution is -2.45. The minimum atomic E-state index is -0.568. The normalized spacial score (nSPS) is 20.7. The maximum atomic E-state index is 7.26. The molecule has 1 aliphatic heterocycles. The number of hydrogen-bond acceptors (Lipinski definition) is 3. The Morgan fingerprint density at radius 1 is 0.561 bits per heavy atom. The van der Waals surface area contributed by atoms with Crippen LogP contribution < -0.4 is 9.64 Å². The average Bonchev–Trinajstić information content (AvgIpc) is 3.90. The fourth-order valence-electron chi connectivity index (χ4n) is 12.2. The molecule has 0 N–H and O–H groups in total. The highest BCUT2D eigenvalue weighted by Crippen LogP contribution is 2.64. The predicted molar refractivity (Wildman–Crippen MR) is 272 cm³/mol. The van der Waals surface area contributed by atoms with Gasteiger partial charge < -0.3 is 14.1 Å². The van der Waals surface area contributed by atoms with Gasteiger partial charge in [0.15, 0.2) is 0 Å². The van der Waals surface area contributed by atoms with Crippen LogP contribution in [0.2, 0.25) is 0 Å². The molecule has 4 unspecified atom stereocenters. The molecule has 0 amide bonds. The van der Waals surface area contributed by atoms with Crippen molar-refractivity contribution >= 4 is 50.0 Å². The summed E-state index contributed by atoms with van der Waals surface area (Å²) in [5.41, 5.74) is 16.4. The van der Waals surface area contributed by atoms with Gasteiger partial charge in [-0.2, -0.15) is 0 Å². The molecule has 4 atom stereocenters. The number of benzene rings is 8. The summed E-state index contributed by atoms with van der Waals surface area (Å²) in [6.45, 7) is 0. The van der Waals surface area contributed by atoms with E-state index in [1.807, 2.05) is 0 Å². The molecule has 4 aliphatic carbocycles. The van der Waals surface area contributed by atoms with Gasteiger partial charge >= 0.3 is 0 Å². The van der Waals surface area contributed by atoms with E-state index in [0.717, 1.165) is 58.1 Å². The Balaban J connectivity index is 0.961. The Morgan fingerprint density at radius 3 is 2.29 bits per heavy atom. The fourth-order valence-corrected chi connectivity index (χ4v) is 12.2. The van der Waals surface area contributed by atoms with Crippen molar-refractivity contribution in [2.75, 3.05) is 4.90 Å². The molecule has 0 saturated heterocycles. The van der Waals surface area contributed by atoms with Gasteiger partial charge in [0, 0.05) is 44.5 Å². The maximum Gasteiger partial charge on any atom is 0.140 e. The number of anilines is 1. The lowest BCUT2D eigenvalue weighted by Gasteiger charge is -2.43. The van der Waals surface area contributed by atoms with Gasteiger partial charge in [-0.1, -0.05) is 194 Å². The molecule has 5 aliphatic rings. The second kappa shape index (κ2) is 14.6.